The molecule has 0 aromatic heterocycles. The minimum atomic E-state index is -3.09. The number of rotatable bonds is 8. The van der Waals surface area contributed by atoms with Gasteiger partial charge in [-0.25, -0.2) is 0 Å². The van der Waals surface area contributed by atoms with E-state index in [0.717, 1.165) is 5.56 Å². The molecule has 0 spiro atoms. The Morgan fingerprint density at radius 2 is 1.71 bits per heavy atom. The van der Waals surface area contributed by atoms with Gasteiger partial charge < -0.3 is 26.4 Å². The SMILES string of the molecule is CC1c2ccc(NC(=O)CNOCc3ccccc3)c(O)c2C(=O)C2C(=O)[C@]3(O)C(=O)C(C(N)=O)C(=O)[C@@H](N(C)C)C3C(O)C21. The van der Waals surface area contributed by atoms with E-state index < -0.39 is 88.0 Å². The first kappa shape index (κ1) is 32.1. The van der Waals surface area contributed by atoms with E-state index in [1.54, 1.807) is 6.92 Å². The van der Waals surface area contributed by atoms with E-state index >= 15 is 0 Å². The van der Waals surface area contributed by atoms with Crippen molar-refractivity contribution < 1.29 is 48.9 Å². The highest BCUT2D eigenvalue weighted by Gasteiger charge is 2.72. The third-order valence-corrected chi connectivity index (χ3v) is 9.18. The van der Waals surface area contributed by atoms with Crippen molar-refractivity contribution in [2.45, 2.75) is 37.2 Å². The number of nitrogens with one attached hydrogen (secondary N) is 2. The van der Waals surface area contributed by atoms with Gasteiger partial charge in [0, 0.05) is 5.92 Å². The Balaban J connectivity index is 1.44. The number of aromatic hydroxyl groups is 1. The number of fused-ring (bicyclic) bond motifs is 3. The number of anilines is 1. The molecule has 238 valence electrons. The topological polar surface area (TPSA) is 226 Å². The Hall–Kier alpha value is -4.34. The van der Waals surface area contributed by atoms with E-state index in [1.807, 2.05) is 30.3 Å². The second-order valence-corrected chi connectivity index (χ2v) is 11.9. The minimum Gasteiger partial charge on any atom is -0.505 e. The molecule has 6 unspecified atom stereocenters. The average molecular weight is 623 g/mol. The molecule has 2 aromatic carbocycles. The summed E-state index contributed by atoms with van der Waals surface area (Å²) in [6.45, 7) is 1.47. The lowest BCUT2D eigenvalue weighted by atomic mass is 9.49. The zero-order valence-corrected chi connectivity index (χ0v) is 24.7. The molecule has 45 heavy (non-hydrogen) atoms. The summed E-state index contributed by atoms with van der Waals surface area (Å²) in [5.74, 6) is -15.1. The Kier molecular flexibility index (Phi) is 8.46. The molecule has 2 saturated carbocycles. The van der Waals surface area contributed by atoms with Crippen molar-refractivity contribution in [2.24, 2.45) is 29.4 Å². The van der Waals surface area contributed by atoms with Crippen LogP contribution >= 0.6 is 0 Å². The summed E-state index contributed by atoms with van der Waals surface area (Å²) >= 11 is 0. The number of hydroxylamine groups is 1. The molecule has 3 aliphatic carbocycles. The van der Waals surface area contributed by atoms with Crippen LogP contribution in [0.3, 0.4) is 0 Å². The maximum atomic E-state index is 14.0. The molecule has 0 saturated heterocycles. The molecule has 2 fully saturated rings. The summed E-state index contributed by atoms with van der Waals surface area (Å²) in [5, 5.41) is 37.0. The number of ketones is 4. The molecule has 7 N–H and O–H groups in total. The maximum Gasteiger partial charge on any atom is 0.240 e. The Morgan fingerprint density at radius 3 is 2.33 bits per heavy atom. The number of benzene rings is 2. The van der Waals surface area contributed by atoms with Crippen molar-refractivity contribution in [1.29, 1.82) is 0 Å². The number of phenols is 1. The summed E-state index contributed by atoms with van der Waals surface area (Å²) in [4.78, 5) is 86.0. The second kappa shape index (κ2) is 11.9. The van der Waals surface area contributed by atoms with E-state index in [9.17, 15) is 44.1 Å². The number of aliphatic hydroxyl groups is 2. The van der Waals surface area contributed by atoms with Gasteiger partial charge in [-0.1, -0.05) is 43.3 Å². The number of primary amides is 1. The average Bonchev–Trinajstić information content (AvgIpc) is 2.98. The first-order valence-electron chi connectivity index (χ1n) is 14.3. The molecule has 14 heteroatoms. The van der Waals surface area contributed by atoms with Crippen LogP contribution < -0.4 is 16.5 Å². The van der Waals surface area contributed by atoms with Crippen LogP contribution in [0.15, 0.2) is 42.5 Å². The highest BCUT2D eigenvalue weighted by Crippen LogP contribution is 2.55. The quantitative estimate of drug-likeness (QED) is 0.0908. The van der Waals surface area contributed by atoms with Gasteiger partial charge in [-0.05, 0) is 37.2 Å². The van der Waals surface area contributed by atoms with Crippen LogP contribution in [0.5, 0.6) is 5.75 Å². The van der Waals surface area contributed by atoms with Gasteiger partial charge >= 0.3 is 0 Å². The maximum absolute atomic E-state index is 14.0. The van der Waals surface area contributed by atoms with Crippen LogP contribution in [0.2, 0.25) is 0 Å². The molecule has 3 aliphatic rings. The van der Waals surface area contributed by atoms with Crippen LogP contribution in [0, 0.1) is 23.7 Å². The summed E-state index contributed by atoms with van der Waals surface area (Å²) in [6, 6.07) is 10.6. The van der Waals surface area contributed by atoms with Gasteiger partial charge in [0.05, 0.1) is 41.8 Å². The lowest BCUT2D eigenvalue weighted by Crippen LogP contribution is -2.77. The number of Topliss-reactive ketones (excluding diaryl/α,β-unsaturated/α-hetero) is 4. The number of amides is 2. The summed E-state index contributed by atoms with van der Waals surface area (Å²) < 4.78 is 0. The third-order valence-electron chi connectivity index (χ3n) is 9.18. The van der Waals surface area contributed by atoms with Crippen molar-refractivity contribution in [1.82, 2.24) is 10.4 Å². The van der Waals surface area contributed by atoms with Gasteiger partial charge in [-0.3, -0.25) is 38.5 Å². The van der Waals surface area contributed by atoms with E-state index in [4.69, 9.17) is 10.6 Å². The standard InChI is InChI=1S/C31H34N4O10/c1-13-15-9-10-16(34-17(36)11-33-45-12-14-7-5-4-6-8-14)24(37)19(15)25(38)20-18(13)26(39)22-23(35(2)3)27(40)21(30(32)43)29(42)31(22,44)28(20)41/h4-10,13,18,20-23,26,33,37,39,44H,11-12H2,1-3H3,(H2,32,43)(H,34,36)/t13?,18?,20?,21?,22?,23-,26?,31-/m0/s1. The van der Waals surface area contributed by atoms with E-state index in [1.165, 1.54) is 31.1 Å². The van der Waals surface area contributed by atoms with Crippen molar-refractivity contribution >= 4 is 40.6 Å². The minimum absolute atomic E-state index is 0.149. The molecule has 0 bridgehead atoms. The molecular formula is C31H34N4O10. The highest BCUT2D eigenvalue weighted by atomic mass is 16.6. The predicted octanol–water partition coefficient (Wildman–Crippen LogP) is -0.941. The fourth-order valence-electron chi connectivity index (χ4n) is 7.11. The zero-order chi connectivity index (χ0) is 33.0. The van der Waals surface area contributed by atoms with E-state index in [-0.39, 0.29) is 30.0 Å². The van der Waals surface area contributed by atoms with Gasteiger partial charge in [0.1, 0.15) is 12.3 Å². The lowest BCUT2D eigenvalue weighted by molar-refractivity contribution is -0.196. The first-order valence-corrected chi connectivity index (χ1v) is 14.3. The normalized spacial score (nSPS) is 30.8. The molecule has 5 rings (SSSR count). The predicted molar refractivity (Wildman–Crippen MR) is 155 cm³/mol. The van der Waals surface area contributed by atoms with Gasteiger partial charge in [0.2, 0.25) is 11.8 Å². The smallest absolute Gasteiger partial charge is 0.240 e. The fourth-order valence-corrected chi connectivity index (χ4v) is 7.11. The number of aliphatic hydroxyl groups excluding tert-OH is 1. The fraction of sp³-hybridized carbons (Fsp3) is 0.419. The molecule has 2 aromatic rings. The Labute approximate surface area is 257 Å². The first-order chi connectivity index (χ1) is 21.2. The summed E-state index contributed by atoms with van der Waals surface area (Å²) in [5.41, 5.74) is 5.38. The third kappa shape index (κ3) is 5.04. The van der Waals surface area contributed by atoms with E-state index in [2.05, 4.69) is 10.8 Å². The zero-order valence-electron chi connectivity index (χ0n) is 24.7. The molecule has 0 aliphatic heterocycles. The van der Waals surface area contributed by atoms with Gasteiger partial charge in [-0.15, -0.1) is 0 Å². The number of nitrogens with two attached hydrogens (primary N) is 1. The van der Waals surface area contributed by atoms with Crippen LogP contribution in [-0.2, 0) is 35.4 Å². The Morgan fingerprint density at radius 1 is 1.04 bits per heavy atom. The van der Waals surface area contributed by atoms with Crippen molar-refractivity contribution in [3.63, 3.8) is 0 Å². The van der Waals surface area contributed by atoms with Crippen molar-refractivity contribution in [3.05, 3.63) is 59.2 Å². The number of nitrogens with zero attached hydrogens (tertiary/aromatic N) is 1. The highest BCUT2D eigenvalue weighted by molar-refractivity contribution is 6.32. The van der Waals surface area contributed by atoms with E-state index in [0.29, 0.717) is 0 Å². The summed E-state index contributed by atoms with van der Waals surface area (Å²) in [7, 11) is 2.84. The molecular weight excluding hydrogens is 588 g/mol. The van der Waals surface area contributed by atoms with Crippen LogP contribution in [0.4, 0.5) is 5.69 Å². The van der Waals surface area contributed by atoms with Crippen molar-refractivity contribution in [2.75, 3.05) is 26.0 Å². The van der Waals surface area contributed by atoms with Gasteiger partial charge in [-0.2, -0.15) is 5.48 Å². The molecule has 8 atom stereocenters. The number of likely N-dealkylation sites (N-methyl/N-ethyl adjacent to an activating group) is 1. The van der Waals surface area contributed by atoms with Gasteiger partial charge in [0.15, 0.2) is 34.7 Å². The number of hydrogen-bond donors (Lipinski definition) is 6. The monoisotopic (exact) mass is 622 g/mol. The second-order valence-electron chi connectivity index (χ2n) is 11.9. The lowest BCUT2D eigenvalue weighted by Gasteiger charge is -2.56. The van der Waals surface area contributed by atoms with Crippen molar-refractivity contribution in [3.8, 4) is 5.75 Å². The summed E-state index contributed by atoms with van der Waals surface area (Å²) in [6.07, 6.45) is -1.73. The number of hydrogen-bond acceptors (Lipinski definition) is 12. The van der Waals surface area contributed by atoms with Crippen LogP contribution in [0.1, 0.15) is 34.3 Å². The molecule has 0 heterocycles. The number of phenolic OH excluding ortho intramolecular Hbond substituents is 1. The van der Waals surface area contributed by atoms with Gasteiger partial charge in [0.25, 0.3) is 0 Å². The molecule has 0 radical (unpaired) electrons. The molecule has 14 nitrogen and oxygen atoms in total. The largest absolute Gasteiger partial charge is 0.505 e. The molecule has 2 amide bonds. The number of carbonyl (C=O) groups excluding carboxylic acids is 6. The van der Waals surface area contributed by atoms with Crippen LogP contribution in [0.25, 0.3) is 0 Å². The number of carbonyl (C=O) groups is 6. The van der Waals surface area contributed by atoms with Crippen LogP contribution in [-0.4, -0.2) is 93.6 Å². The Bertz CT molecular complexity index is 1590.